The minimum Gasteiger partial charge on any atom is -0.493 e. The van der Waals surface area contributed by atoms with Crippen molar-refractivity contribution in [2.45, 2.75) is 27.2 Å². The monoisotopic (exact) mass is 276 g/mol. The van der Waals surface area contributed by atoms with Gasteiger partial charge in [-0.1, -0.05) is 23.7 Å². The van der Waals surface area contributed by atoms with E-state index in [2.05, 4.69) is 29.0 Å². The van der Waals surface area contributed by atoms with Gasteiger partial charge in [0.25, 0.3) is 0 Å². The van der Waals surface area contributed by atoms with Gasteiger partial charge < -0.3 is 4.74 Å². The molecular formula is C15H17ClN2O. The summed E-state index contributed by atoms with van der Waals surface area (Å²) in [7, 11) is 0. The molecule has 0 aliphatic heterocycles. The summed E-state index contributed by atoms with van der Waals surface area (Å²) in [5, 5.41) is 0.481. The van der Waals surface area contributed by atoms with E-state index in [-0.39, 0.29) is 0 Å². The molecule has 1 aromatic carbocycles. The Bertz CT molecular complexity index is 564. The van der Waals surface area contributed by atoms with Gasteiger partial charge >= 0.3 is 0 Å². The molecule has 0 atom stereocenters. The molecule has 19 heavy (non-hydrogen) atoms. The van der Waals surface area contributed by atoms with Gasteiger partial charge in [0.15, 0.2) is 0 Å². The molecule has 2 rings (SSSR count). The predicted octanol–water partition coefficient (Wildman–Crippen LogP) is 3.68. The molecule has 0 unspecified atom stereocenters. The van der Waals surface area contributed by atoms with Crippen molar-refractivity contribution in [1.82, 2.24) is 9.97 Å². The summed E-state index contributed by atoms with van der Waals surface area (Å²) in [5.74, 6) is 1.63. The molecule has 100 valence electrons. The van der Waals surface area contributed by atoms with Gasteiger partial charge in [-0.25, -0.2) is 9.97 Å². The first-order chi connectivity index (χ1) is 9.04. The lowest BCUT2D eigenvalue weighted by Crippen LogP contribution is -2.06. The molecule has 2 aromatic rings. The zero-order chi connectivity index (χ0) is 13.8. The molecule has 0 radical (unpaired) electrons. The summed E-state index contributed by atoms with van der Waals surface area (Å²) in [4.78, 5) is 8.51. The number of ether oxygens (including phenoxy) is 1. The van der Waals surface area contributed by atoms with Crippen molar-refractivity contribution in [3.63, 3.8) is 0 Å². The molecule has 0 saturated carbocycles. The van der Waals surface area contributed by atoms with Gasteiger partial charge in [0.05, 0.1) is 6.61 Å². The summed E-state index contributed by atoms with van der Waals surface area (Å²) >= 11 is 5.90. The lowest BCUT2D eigenvalue weighted by molar-refractivity contribution is 0.316. The molecule has 0 fully saturated rings. The average molecular weight is 277 g/mol. The van der Waals surface area contributed by atoms with Crippen LogP contribution in [0.1, 0.15) is 22.6 Å². The Balaban J connectivity index is 1.98. The minimum absolute atomic E-state index is 0.481. The predicted molar refractivity (Wildman–Crippen MR) is 76.9 cm³/mol. The van der Waals surface area contributed by atoms with Gasteiger partial charge in [0, 0.05) is 12.1 Å². The van der Waals surface area contributed by atoms with Crippen molar-refractivity contribution in [3.05, 3.63) is 52.1 Å². The van der Waals surface area contributed by atoms with Gasteiger partial charge in [0.2, 0.25) is 0 Å². The van der Waals surface area contributed by atoms with Gasteiger partial charge in [-0.15, -0.1) is 0 Å². The van der Waals surface area contributed by atoms with E-state index >= 15 is 0 Å². The normalized spacial score (nSPS) is 10.5. The van der Waals surface area contributed by atoms with E-state index in [4.69, 9.17) is 16.3 Å². The Labute approximate surface area is 118 Å². The maximum absolute atomic E-state index is 5.90. The third kappa shape index (κ3) is 3.93. The van der Waals surface area contributed by atoms with Crippen LogP contribution in [-0.2, 0) is 6.42 Å². The summed E-state index contributed by atoms with van der Waals surface area (Å²) < 4.78 is 5.78. The molecule has 1 aromatic heterocycles. The lowest BCUT2D eigenvalue weighted by atomic mass is 10.1. The molecule has 0 aliphatic rings. The number of hydrogen-bond donors (Lipinski definition) is 0. The first-order valence-corrected chi connectivity index (χ1v) is 6.62. The maximum Gasteiger partial charge on any atom is 0.133 e. The van der Waals surface area contributed by atoms with Crippen molar-refractivity contribution in [2.75, 3.05) is 6.61 Å². The number of rotatable bonds is 4. The number of hydrogen-bond acceptors (Lipinski definition) is 3. The van der Waals surface area contributed by atoms with Crippen LogP contribution in [0.25, 0.3) is 0 Å². The molecule has 1 heterocycles. The SMILES string of the molecule is Cc1ccc(C)c(OCCc2nc(C)cc(Cl)n2)c1. The van der Waals surface area contributed by atoms with Crippen LogP contribution in [-0.4, -0.2) is 16.6 Å². The summed E-state index contributed by atoms with van der Waals surface area (Å²) in [6.07, 6.45) is 0.648. The highest BCUT2D eigenvalue weighted by Gasteiger charge is 2.03. The van der Waals surface area contributed by atoms with Crippen molar-refractivity contribution in [3.8, 4) is 5.75 Å². The van der Waals surface area contributed by atoms with Gasteiger partial charge in [-0.3, -0.25) is 0 Å². The highest BCUT2D eigenvalue weighted by atomic mass is 35.5. The van der Waals surface area contributed by atoms with Crippen LogP contribution in [0.15, 0.2) is 24.3 Å². The second kappa shape index (κ2) is 6.02. The number of nitrogens with zero attached hydrogens (tertiary/aromatic N) is 2. The topological polar surface area (TPSA) is 35.0 Å². The molecule has 0 N–H and O–H groups in total. The number of aryl methyl sites for hydroxylation is 3. The quantitative estimate of drug-likeness (QED) is 0.799. The third-order valence-corrected chi connectivity index (χ3v) is 2.99. The standard InChI is InChI=1S/C15H17ClN2O/c1-10-4-5-11(2)13(8-10)19-7-6-15-17-12(3)9-14(16)18-15/h4-5,8-9H,6-7H2,1-3H3. The second-order valence-electron chi connectivity index (χ2n) is 4.62. The van der Waals surface area contributed by atoms with Crippen LogP contribution in [0.5, 0.6) is 5.75 Å². The van der Waals surface area contributed by atoms with E-state index in [1.165, 1.54) is 5.56 Å². The van der Waals surface area contributed by atoms with E-state index in [1.807, 2.05) is 19.9 Å². The highest BCUT2D eigenvalue weighted by molar-refractivity contribution is 6.29. The van der Waals surface area contributed by atoms with Gasteiger partial charge in [-0.05, 0) is 44.0 Å². The largest absolute Gasteiger partial charge is 0.493 e. The fourth-order valence-electron chi connectivity index (χ4n) is 1.82. The van der Waals surface area contributed by atoms with Crippen LogP contribution < -0.4 is 4.74 Å². The average Bonchev–Trinajstić information content (AvgIpc) is 2.32. The molecule has 0 bridgehead atoms. The number of aromatic nitrogens is 2. The molecule has 0 aliphatic carbocycles. The molecule has 0 spiro atoms. The maximum atomic E-state index is 5.90. The first kappa shape index (κ1) is 13.8. The van der Waals surface area contributed by atoms with Gasteiger partial charge in [0.1, 0.15) is 16.7 Å². The molecule has 4 heteroatoms. The van der Waals surface area contributed by atoms with Crippen LogP contribution in [0.3, 0.4) is 0 Å². The Hall–Kier alpha value is -1.61. The van der Waals surface area contributed by atoms with Gasteiger partial charge in [-0.2, -0.15) is 0 Å². The van der Waals surface area contributed by atoms with E-state index in [0.717, 1.165) is 22.8 Å². The van der Waals surface area contributed by atoms with E-state index in [0.29, 0.717) is 18.2 Å². The van der Waals surface area contributed by atoms with Crippen LogP contribution in [0.4, 0.5) is 0 Å². The number of halogens is 1. The summed E-state index contributed by atoms with van der Waals surface area (Å²) in [6, 6.07) is 7.92. The fourth-order valence-corrected chi connectivity index (χ4v) is 2.07. The van der Waals surface area contributed by atoms with Crippen LogP contribution >= 0.6 is 11.6 Å². The minimum atomic E-state index is 0.481. The Morgan fingerprint density at radius 1 is 1.11 bits per heavy atom. The van der Waals surface area contributed by atoms with E-state index < -0.39 is 0 Å². The zero-order valence-corrected chi connectivity index (χ0v) is 12.2. The third-order valence-electron chi connectivity index (χ3n) is 2.80. The second-order valence-corrected chi connectivity index (χ2v) is 5.00. The highest BCUT2D eigenvalue weighted by Crippen LogP contribution is 2.19. The van der Waals surface area contributed by atoms with Crippen molar-refractivity contribution < 1.29 is 4.74 Å². The smallest absolute Gasteiger partial charge is 0.133 e. The molecular weight excluding hydrogens is 260 g/mol. The first-order valence-electron chi connectivity index (χ1n) is 6.25. The van der Waals surface area contributed by atoms with Crippen molar-refractivity contribution >= 4 is 11.6 Å². The molecule has 0 saturated heterocycles. The Morgan fingerprint density at radius 3 is 2.63 bits per heavy atom. The summed E-state index contributed by atoms with van der Waals surface area (Å²) in [6.45, 7) is 6.54. The Kier molecular flexibility index (Phi) is 4.38. The van der Waals surface area contributed by atoms with Crippen molar-refractivity contribution in [1.29, 1.82) is 0 Å². The molecule has 0 amide bonds. The van der Waals surface area contributed by atoms with Crippen molar-refractivity contribution in [2.24, 2.45) is 0 Å². The number of benzene rings is 1. The fraction of sp³-hybridized carbons (Fsp3) is 0.333. The lowest BCUT2D eigenvalue weighted by Gasteiger charge is -2.09. The Morgan fingerprint density at radius 2 is 1.89 bits per heavy atom. The van der Waals surface area contributed by atoms with Crippen LogP contribution in [0.2, 0.25) is 5.15 Å². The van der Waals surface area contributed by atoms with E-state index in [1.54, 1.807) is 6.07 Å². The summed E-state index contributed by atoms with van der Waals surface area (Å²) in [5.41, 5.74) is 3.20. The van der Waals surface area contributed by atoms with Crippen LogP contribution in [0, 0.1) is 20.8 Å². The van der Waals surface area contributed by atoms with E-state index in [9.17, 15) is 0 Å². The molecule has 3 nitrogen and oxygen atoms in total. The zero-order valence-electron chi connectivity index (χ0n) is 11.4.